The van der Waals surface area contributed by atoms with Crippen molar-refractivity contribution >= 4 is 5.91 Å². The monoisotopic (exact) mass is 234 g/mol. The van der Waals surface area contributed by atoms with E-state index in [1.807, 2.05) is 12.1 Å². The average Bonchev–Trinajstić information content (AvgIpc) is 2.83. The summed E-state index contributed by atoms with van der Waals surface area (Å²) in [6.45, 7) is 2.43. The molecule has 0 aliphatic carbocycles. The first-order valence-electron chi connectivity index (χ1n) is 5.95. The summed E-state index contributed by atoms with van der Waals surface area (Å²) in [5.41, 5.74) is 6.76. The van der Waals surface area contributed by atoms with E-state index >= 15 is 0 Å². The number of benzene rings is 1. The minimum absolute atomic E-state index is 0.396. The van der Waals surface area contributed by atoms with Crippen LogP contribution in [0.1, 0.15) is 28.8 Å². The van der Waals surface area contributed by atoms with Gasteiger partial charge in [0.25, 0.3) is 0 Å². The fraction of sp³-hybridized carbons (Fsp3) is 0.462. The molecule has 1 aromatic carbocycles. The number of hydrogen-bond donors (Lipinski definition) is 2. The zero-order valence-electron chi connectivity index (χ0n) is 9.82. The van der Waals surface area contributed by atoms with Crippen molar-refractivity contribution in [1.82, 2.24) is 5.32 Å². The number of nitrogens with one attached hydrogen (secondary N) is 1. The van der Waals surface area contributed by atoms with Crippen LogP contribution >= 0.6 is 0 Å². The summed E-state index contributed by atoms with van der Waals surface area (Å²) in [4.78, 5) is 10.9. The molecular weight excluding hydrogens is 216 g/mol. The molecule has 92 valence electrons. The molecule has 3 N–H and O–H groups in total. The Morgan fingerprint density at radius 3 is 2.76 bits per heavy atom. The molecule has 1 fully saturated rings. The number of hydrogen-bond acceptors (Lipinski definition) is 3. The molecule has 1 amide bonds. The van der Waals surface area contributed by atoms with Gasteiger partial charge in [-0.1, -0.05) is 12.1 Å². The number of ether oxygens (including phenoxy) is 1. The van der Waals surface area contributed by atoms with E-state index in [9.17, 15) is 4.79 Å². The second-order valence-corrected chi connectivity index (χ2v) is 4.37. The molecule has 1 saturated heterocycles. The summed E-state index contributed by atoms with van der Waals surface area (Å²) in [6, 6.07) is 7.72. The highest BCUT2D eigenvalue weighted by atomic mass is 16.5. The largest absolute Gasteiger partial charge is 0.375 e. The average molecular weight is 234 g/mol. The minimum atomic E-state index is -0.396. The van der Waals surface area contributed by atoms with Gasteiger partial charge >= 0.3 is 0 Å². The fourth-order valence-electron chi connectivity index (χ4n) is 1.98. The van der Waals surface area contributed by atoms with E-state index in [1.165, 1.54) is 12.8 Å². The van der Waals surface area contributed by atoms with E-state index < -0.39 is 5.91 Å². The van der Waals surface area contributed by atoms with Crippen LogP contribution in [0.25, 0.3) is 0 Å². The molecule has 1 unspecified atom stereocenters. The lowest BCUT2D eigenvalue weighted by Crippen LogP contribution is -2.26. The Bertz CT molecular complexity index is 370. The summed E-state index contributed by atoms with van der Waals surface area (Å²) in [7, 11) is 0. The van der Waals surface area contributed by atoms with E-state index in [2.05, 4.69) is 5.32 Å². The molecule has 17 heavy (non-hydrogen) atoms. The van der Waals surface area contributed by atoms with Crippen LogP contribution in [0.5, 0.6) is 0 Å². The predicted molar refractivity (Wildman–Crippen MR) is 65.6 cm³/mol. The second kappa shape index (κ2) is 5.80. The molecule has 1 aliphatic rings. The maximum absolute atomic E-state index is 10.9. The summed E-state index contributed by atoms with van der Waals surface area (Å²) in [5.74, 6) is -0.396. The van der Waals surface area contributed by atoms with Gasteiger partial charge < -0.3 is 15.8 Å². The van der Waals surface area contributed by atoms with Gasteiger partial charge in [0.05, 0.1) is 13.2 Å². The zero-order valence-corrected chi connectivity index (χ0v) is 9.82. The third-order valence-electron chi connectivity index (χ3n) is 2.99. The van der Waals surface area contributed by atoms with Crippen LogP contribution in [0.3, 0.4) is 0 Å². The molecule has 2 rings (SSSR count). The van der Waals surface area contributed by atoms with Crippen LogP contribution in [0.2, 0.25) is 0 Å². The van der Waals surface area contributed by atoms with E-state index in [1.54, 1.807) is 12.1 Å². The van der Waals surface area contributed by atoms with Crippen molar-refractivity contribution in [3.05, 3.63) is 35.4 Å². The highest BCUT2D eigenvalue weighted by Gasteiger charge is 2.13. The maximum atomic E-state index is 10.9. The first-order valence-corrected chi connectivity index (χ1v) is 5.95. The molecule has 4 heteroatoms. The summed E-state index contributed by atoms with van der Waals surface area (Å²) in [6.07, 6.45) is 2.43. The number of carbonyl (C=O) groups is 1. The quantitative estimate of drug-likeness (QED) is 0.800. The second-order valence-electron chi connectivity index (χ2n) is 4.37. The van der Waals surface area contributed by atoms with Crippen LogP contribution in [0.15, 0.2) is 24.3 Å². The number of rotatable bonds is 5. The highest BCUT2D eigenvalue weighted by molar-refractivity contribution is 5.92. The first kappa shape index (κ1) is 12.1. The third kappa shape index (κ3) is 3.54. The van der Waals surface area contributed by atoms with Crippen molar-refractivity contribution in [3.63, 3.8) is 0 Å². The van der Waals surface area contributed by atoms with E-state index in [0.29, 0.717) is 18.2 Å². The van der Waals surface area contributed by atoms with Crippen molar-refractivity contribution < 1.29 is 9.53 Å². The number of carbonyl (C=O) groups excluding carboxylic acids is 1. The van der Waals surface area contributed by atoms with Crippen LogP contribution in [0, 0.1) is 0 Å². The molecule has 1 heterocycles. The number of amides is 1. The van der Waals surface area contributed by atoms with E-state index in [0.717, 1.165) is 18.7 Å². The molecule has 1 aromatic rings. The SMILES string of the molecule is NC(=O)c1ccc(COCC2CCCN2)cc1. The lowest BCUT2D eigenvalue weighted by molar-refractivity contribution is 0.0998. The van der Waals surface area contributed by atoms with Crippen molar-refractivity contribution in [2.24, 2.45) is 5.73 Å². The van der Waals surface area contributed by atoms with Crippen molar-refractivity contribution in [2.75, 3.05) is 13.2 Å². The molecule has 0 spiro atoms. The standard InChI is InChI=1S/C13H18N2O2/c14-13(16)11-5-3-10(4-6-11)8-17-9-12-2-1-7-15-12/h3-6,12,15H,1-2,7-9H2,(H2,14,16). The van der Waals surface area contributed by atoms with Crippen LogP contribution < -0.4 is 11.1 Å². The molecule has 0 aromatic heterocycles. The molecular formula is C13H18N2O2. The van der Waals surface area contributed by atoms with E-state index in [-0.39, 0.29) is 0 Å². The molecule has 1 atom stereocenters. The predicted octanol–water partition coefficient (Wildman–Crippen LogP) is 1.05. The van der Waals surface area contributed by atoms with Gasteiger partial charge in [-0.2, -0.15) is 0 Å². The zero-order chi connectivity index (χ0) is 12.1. The normalized spacial score (nSPS) is 19.4. The van der Waals surface area contributed by atoms with Crippen molar-refractivity contribution in [2.45, 2.75) is 25.5 Å². The van der Waals surface area contributed by atoms with Gasteiger partial charge in [-0.15, -0.1) is 0 Å². The highest BCUT2D eigenvalue weighted by Crippen LogP contribution is 2.08. The van der Waals surface area contributed by atoms with Crippen molar-refractivity contribution in [3.8, 4) is 0 Å². The van der Waals surface area contributed by atoms with Gasteiger partial charge in [-0.05, 0) is 37.1 Å². The van der Waals surface area contributed by atoms with Crippen molar-refractivity contribution in [1.29, 1.82) is 0 Å². The molecule has 0 radical (unpaired) electrons. The summed E-state index contributed by atoms with van der Waals surface area (Å²) >= 11 is 0. The Balaban J connectivity index is 1.76. The Labute approximate surface area is 101 Å². The Hall–Kier alpha value is -1.39. The van der Waals surface area contributed by atoms with Gasteiger partial charge in [0, 0.05) is 11.6 Å². The number of primary amides is 1. The number of nitrogens with two attached hydrogens (primary N) is 1. The van der Waals surface area contributed by atoms with Gasteiger partial charge in [0.2, 0.25) is 5.91 Å². The lowest BCUT2D eigenvalue weighted by Gasteiger charge is -2.10. The van der Waals surface area contributed by atoms with Crippen LogP contribution in [0.4, 0.5) is 0 Å². The minimum Gasteiger partial charge on any atom is -0.375 e. The van der Waals surface area contributed by atoms with E-state index in [4.69, 9.17) is 10.5 Å². The fourth-order valence-corrected chi connectivity index (χ4v) is 1.98. The Morgan fingerprint density at radius 2 is 2.18 bits per heavy atom. The Morgan fingerprint density at radius 1 is 1.41 bits per heavy atom. The van der Waals surface area contributed by atoms with Gasteiger partial charge in [-0.25, -0.2) is 0 Å². The summed E-state index contributed by atoms with van der Waals surface area (Å²) in [5, 5.41) is 3.38. The Kier molecular flexibility index (Phi) is 4.12. The lowest BCUT2D eigenvalue weighted by atomic mass is 10.1. The molecule has 0 bridgehead atoms. The van der Waals surface area contributed by atoms with Gasteiger partial charge in [0.1, 0.15) is 0 Å². The maximum Gasteiger partial charge on any atom is 0.248 e. The van der Waals surface area contributed by atoms with Gasteiger partial charge in [-0.3, -0.25) is 4.79 Å². The molecule has 1 aliphatic heterocycles. The van der Waals surface area contributed by atoms with Crippen LogP contribution in [-0.2, 0) is 11.3 Å². The molecule has 4 nitrogen and oxygen atoms in total. The van der Waals surface area contributed by atoms with Crippen LogP contribution in [-0.4, -0.2) is 25.1 Å². The smallest absolute Gasteiger partial charge is 0.248 e. The topological polar surface area (TPSA) is 64.4 Å². The van der Waals surface area contributed by atoms with Gasteiger partial charge in [0.15, 0.2) is 0 Å². The summed E-state index contributed by atoms with van der Waals surface area (Å²) < 4.78 is 5.63. The third-order valence-corrected chi connectivity index (χ3v) is 2.99. The first-order chi connectivity index (χ1) is 8.25. The molecule has 0 saturated carbocycles.